The third-order valence-corrected chi connectivity index (χ3v) is 4.03. The smallest absolute Gasteiger partial charge is 0.292 e. The Balaban J connectivity index is 1.62. The third-order valence-electron chi connectivity index (χ3n) is 3.80. The lowest BCUT2D eigenvalue weighted by Gasteiger charge is -2.37. The molecule has 2 amide bonds. The van der Waals surface area contributed by atoms with Crippen molar-refractivity contribution in [3.63, 3.8) is 0 Å². The summed E-state index contributed by atoms with van der Waals surface area (Å²) in [6, 6.07) is 5.43. The van der Waals surface area contributed by atoms with Crippen molar-refractivity contribution in [2.24, 2.45) is 5.92 Å². The lowest BCUT2D eigenvalue weighted by molar-refractivity contribution is -0.383. The molecule has 9 nitrogen and oxygen atoms in total. The van der Waals surface area contributed by atoms with Gasteiger partial charge in [-0.05, 0) is 19.1 Å². The predicted octanol–water partition coefficient (Wildman–Crippen LogP) is 2.26. The van der Waals surface area contributed by atoms with Crippen molar-refractivity contribution >= 4 is 34.8 Å². The van der Waals surface area contributed by atoms with Crippen LogP contribution >= 0.6 is 11.6 Å². The zero-order chi connectivity index (χ0) is 18.1. The van der Waals surface area contributed by atoms with E-state index >= 15 is 0 Å². The zero-order valence-electron chi connectivity index (χ0n) is 13.1. The highest BCUT2D eigenvalue weighted by Gasteiger charge is 2.37. The highest BCUT2D eigenvalue weighted by Crippen LogP contribution is 2.29. The van der Waals surface area contributed by atoms with Crippen molar-refractivity contribution in [1.29, 1.82) is 0 Å². The molecule has 0 saturated carbocycles. The molecule has 2 aromatic rings. The fourth-order valence-corrected chi connectivity index (χ4v) is 2.61. The van der Waals surface area contributed by atoms with Crippen LogP contribution < -0.4 is 5.32 Å². The Hall–Kier alpha value is -2.94. The van der Waals surface area contributed by atoms with Crippen LogP contribution in [0.15, 0.2) is 28.8 Å². The number of nitrogens with zero attached hydrogens (tertiary/aromatic N) is 3. The van der Waals surface area contributed by atoms with Gasteiger partial charge in [-0.25, -0.2) is 0 Å². The minimum Gasteiger partial charge on any atom is -0.361 e. The summed E-state index contributed by atoms with van der Waals surface area (Å²) in [4.78, 5) is 36.2. The first kappa shape index (κ1) is 16.9. The van der Waals surface area contributed by atoms with Gasteiger partial charge in [0.25, 0.3) is 11.6 Å². The van der Waals surface area contributed by atoms with Crippen molar-refractivity contribution in [2.75, 3.05) is 18.4 Å². The first-order valence-electron chi connectivity index (χ1n) is 7.32. The number of likely N-dealkylation sites (tertiary alicyclic amines) is 1. The van der Waals surface area contributed by atoms with Gasteiger partial charge < -0.3 is 14.7 Å². The summed E-state index contributed by atoms with van der Waals surface area (Å²) in [6.07, 6.45) is 0. The van der Waals surface area contributed by atoms with E-state index in [1.165, 1.54) is 29.2 Å². The van der Waals surface area contributed by atoms with Crippen LogP contribution in [0.3, 0.4) is 0 Å². The molecule has 1 aliphatic heterocycles. The molecule has 0 aliphatic carbocycles. The number of carbonyl (C=O) groups excluding carboxylic acids is 2. The van der Waals surface area contributed by atoms with E-state index in [9.17, 15) is 19.7 Å². The highest BCUT2D eigenvalue weighted by atomic mass is 35.5. The van der Waals surface area contributed by atoms with Gasteiger partial charge in [0, 0.05) is 30.2 Å². The number of rotatable bonds is 4. The Morgan fingerprint density at radius 3 is 2.72 bits per heavy atom. The number of benzene rings is 1. The number of nitro benzene ring substituents is 1. The summed E-state index contributed by atoms with van der Waals surface area (Å²) in [7, 11) is 0. The molecule has 1 aliphatic rings. The van der Waals surface area contributed by atoms with Crippen molar-refractivity contribution in [3.05, 3.63) is 50.9 Å². The van der Waals surface area contributed by atoms with E-state index in [2.05, 4.69) is 10.5 Å². The molecule has 130 valence electrons. The van der Waals surface area contributed by atoms with E-state index in [0.717, 1.165) is 0 Å². The van der Waals surface area contributed by atoms with Crippen LogP contribution in [-0.2, 0) is 4.79 Å². The number of hydrogen-bond acceptors (Lipinski definition) is 6. The SMILES string of the molecule is Cc1cc(C(=O)N2CC(C(=O)Nc3cc(Cl)ccc3[N+](=O)[O-])C2)no1. The van der Waals surface area contributed by atoms with Crippen LogP contribution in [-0.4, -0.2) is 39.9 Å². The number of anilines is 1. The average molecular weight is 365 g/mol. The second-order valence-corrected chi connectivity index (χ2v) is 6.07. The van der Waals surface area contributed by atoms with E-state index in [-0.39, 0.29) is 41.1 Å². The molecule has 2 heterocycles. The normalized spacial score (nSPS) is 14.1. The minimum absolute atomic E-state index is 0.0272. The monoisotopic (exact) mass is 364 g/mol. The maximum absolute atomic E-state index is 12.2. The van der Waals surface area contributed by atoms with Gasteiger partial charge in [-0.2, -0.15) is 0 Å². The Bertz CT molecular complexity index is 859. The van der Waals surface area contributed by atoms with Crippen molar-refractivity contribution in [3.8, 4) is 0 Å². The Labute approximate surface area is 146 Å². The summed E-state index contributed by atoms with van der Waals surface area (Å²) in [5, 5.41) is 17.4. The number of hydrogen-bond donors (Lipinski definition) is 1. The van der Waals surface area contributed by atoms with Gasteiger partial charge in [0.2, 0.25) is 5.91 Å². The van der Waals surface area contributed by atoms with Crippen LogP contribution in [0.1, 0.15) is 16.2 Å². The number of aromatic nitrogens is 1. The maximum Gasteiger partial charge on any atom is 0.292 e. The molecule has 0 spiro atoms. The van der Waals surface area contributed by atoms with E-state index in [1.54, 1.807) is 6.92 Å². The summed E-state index contributed by atoms with van der Waals surface area (Å²) >= 11 is 5.82. The Morgan fingerprint density at radius 2 is 2.12 bits per heavy atom. The van der Waals surface area contributed by atoms with Crippen LogP contribution in [0.4, 0.5) is 11.4 Å². The molecule has 10 heteroatoms. The minimum atomic E-state index is -0.602. The largest absolute Gasteiger partial charge is 0.361 e. The third kappa shape index (κ3) is 3.45. The Morgan fingerprint density at radius 1 is 1.40 bits per heavy atom. The molecule has 0 bridgehead atoms. The highest BCUT2D eigenvalue weighted by molar-refractivity contribution is 6.31. The molecular formula is C15H13ClN4O5. The predicted molar refractivity (Wildman–Crippen MR) is 87.4 cm³/mol. The second-order valence-electron chi connectivity index (χ2n) is 5.64. The molecule has 1 N–H and O–H groups in total. The number of aryl methyl sites for hydroxylation is 1. The van der Waals surface area contributed by atoms with Gasteiger partial charge in [-0.15, -0.1) is 0 Å². The number of nitro groups is 1. The standard InChI is InChI=1S/C15H13ClN4O5/c1-8-4-12(18-25-8)15(22)19-6-9(7-19)14(21)17-11-5-10(16)2-3-13(11)20(23)24/h2-5,9H,6-7H2,1H3,(H,17,21). The van der Waals surface area contributed by atoms with Gasteiger partial charge in [-0.1, -0.05) is 16.8 Å². The van der Waals surface area contributed by atoms with Crippen LogP contribution in [0, 0.1) is 23.0 Å². The number of nitrogens with one attached hydrogen (secondary N) is 1. The average Bonchev–Trinajstić information content (AvgIpc) is 2.92. The molecule has 0 atom stereocenters. The van der Waals surface area contributed by atoms with Crippen molar-refractivity contribution in [1.82, 2.24) is 10.1 Å². The topological polar surface area (TPSA) is 119 Å². The van der Waals surface area contributed by atoms with Crippen LogP contribution in [0.2, 0.25) is 5.02 Å². The van der Waals surface area contributed by atoms with Crippen molar-refractivity contribution < 1.29 is 19.0 Å². The quantitative estimate of drug-likeness (QED) is 0.656. The lowest BCUT2D eigenvalue weighted by atomic mass is 9.98. The second kappa shape index (κ2) is 6.52. The van der Waals surface area contributed by atoms with Gasteiger partial charge in [-0.3, -0.25) is 19.7 Å². The zero-order valence-corrected chi connectivity index (χ0v) is 13.8. The fourth-order valence-electron chi connectivity index (χ4n) is 2.44. The number of amides is 2. The molecule has 1 saturated heterocycles. The van der Waals surface area contributed by atoms with Gasteiger partial charge >= 0.3 is 0 Å². The summed E-state index contributed by atoms with van der Waals surface area (Å²) < 4.78 is 4.85. The van der Waals surface area contributed by atoms with E-state index in [1.807, 2.05) is 0 Å². The summed E-state index contributed by atoms with van der Waals surface area (Å²) in [6.45, 7) is 2.07. The molecule has 0 radical (unpaired) electrons. The fraction of sp³-hybridized carbons (Fsp3) is 0.267. The molecule has 1 aromatic carbocycles. The Kier molecular flexibility index (Phi) is 4.41. The van der Waals surface area contributed by atoms with Gasteiger partial charge in [0.1, 0.15) is 11.4 Å². The van der Waals surface area contributed by atoms with Gasteiger partial charge in [0.05, 0.1) is 10.8 Å². The molecule has 1 fully saturated rings. The van der Waals surface area contributed by atoms with E-state index < -0.39 is 16.7 Å². The molecule has 25 heavy (non-hydrogen) atoms. The van der Waals surface area contributed by atoms with E-state index in [0.29, 0.717) is 5.76 Å². The van der Waals surface area contributed by atoms with Crippen LogP contribution in [0.5, 0.6) is 0 Å². The summed E-state index contributed by atoms with van der Waals surface area (Å²) in [5.41, 5.74) is -0.0377. The molecular weight excluding hydrogens is 352 g/mol. The summed E-state index contributed by atoms with van der Waals surface area (Å²) in [5.74, 6) is -0.678. The first-order chi connectivity index (χ1) is 11.8. The van der Waals surface area contributed by atoms with Gasteiger partial charge in [0.15, 0.2) is 5.69 Å². The van der Waals surface area contributed by atoms with E-state index in [4.69, 9.17) is 16.1 Å². The van der Waals surface area contributed by atoms with Crippen molar-refractivity contribution in [2.45, 2.75) is 6.92 Å². The number of halogens is 1. The first-order valence-corrected chi connectivity index (χ1v) is 7.70. The molecule has 3 rings (SSSR count). The molecule has 0 unspecified atom stereocenters. The number of carbonyl (C=O) groups is 2. The maximum atomic E-state index is 12.2. The lowest BCUT2D eigenvalue weighted by Crippen LogP contribution is -2.54. The molecule has 1 aromatic heterocycles. The van der Waals surface area contributed by atoms with Crippen LogP contribution in [0.25, 0.3) is 0 Å².